The van der Waals surface area contributed by atoms with Crippen molar-refractivity contribution in [2.75, 3.05) is 13.7 Å². The molecule has 0 aromatic carbocycles. The maximum atomic E-state index is 8.50. The number of nitriles is 1. The minimum absolute atomic E-state index is 0.203. The van der Waals surface area contributed by atoms with E-state index in [1.54, 1.807) is 17.8 Å². The summed E-state index contributed by atoms with van der Waals surface area (Å²) in [6.45, 7) is 0.854. The highest BCUT2D eigenvalue weighted by atomic mass is 32.2. The first kappa shape index (κ1) is 7.96. The van der Waals surface area contributed by atoms with Crippen LogP contribution in [0.15, 0.2) is 11.1 Å². The quantitative estimate of drug-likeness (QED) is 0.526. The van der Waals surface area contributed by atoms with Crippen molar-refractivity contribution < 1.29 is 4.74 Å². The largest absolute Gasteiger partial charge is 0.357 e. The minimum atomic E-state index is 0.203. The Morgan fingerprint density at radius 2 is 2.67 bits per heavy atom. The molecule has 2 rings (SSSR count). The second-order valence-corrected chi connectivity index (χ2v) is 4.19. The maximum Gasteiger partial charge on any atom is 0.142 e. The molecule has 0 bridgehead atoms. The van der Waals surface area contributed by atoms with Crippen LogP contribution in [0, 0.1) is 11.3 Å². The lowest BCUT2D eigenvalue weighted by Crippen LogP contribution is -2.28. The van der Waals surface area contributed by atoms with Gasteiger partial charge in [0.1, 0.15) is 6.23 Å². The predicted molar refractivity (Wildman–Crippen MR) is 47.2 cm³/mol. The Kier molecular flexibility index (Phi) is 1.99. The van der Waals surface area contributed by atoms with Gasteiger partial charge in [-0.1, -0.05) is 11.8 Å². The van der Waals surface area contributed by atoms with Crippen LogP contribution in [0.5, 0.6) is 0 Å². The zero-order valence-electron chi connectivity index (χ0n) is 6.86. The monoisotopic (exact) mass is 182 g/mol. The Hall–Kier alpha value is -0.660. The highest BCUT2D eigenvalue weighted by Gasteiger charge is 2.40. The van der Waals surface area contributed by atoms with Crippen molar-refractivity contribution in [3.05, 3.63) is 11.1 Å². The summed E-state index contributed by atoms with van der Waals surface area (Å²) >= 11 is 1.75. The van der Waals surface area contributed by atoms with E-state index < -0.39 is 0 Å². The molecule has 3 nitrogen and oxygen atoms in total. The Morgan fingerprint density at radius 1 is 1.83 bits per heavy atom. The first-order valence-electron chi connectivity index (χ1n) is 3.94. The zero-order chi connectivity index (χ0) is 8.55. The minimum Gasteiger partial charge on any atom is -0.357 e. The van der Waals surface area contributed by atoms with Crippen molar-refractivity contribution >= 4 is 11.8 Å². The van der Waals surface area contributed by atoms with Crippen LogP contribution in [0.3, 0.4) is 0 Å². The van der Waals surface area contributed by atoms with Gasteiger partial charge in [-0.25, -0.2) is 0 Å². The molecule has 2 fully saturated rings. The lowest BCUT2D eigenvalue weighted by molar-refractivity contribution is 0.0271. The highest BCUT2D eigenvalue weighted by Crippen LogP contribution is 2.42. The van der Waals surface area contributed by atoms with Gasteiger partial charge in [-0.3, -0.25) is 0 Å². The third-order valence-corrected chi connectivity index (χ3v) is 3.62. The molecule has 0 unspecified atom stereocenters. The molecule has 0 aromatic heterocycles. The van der Waals surface area contributed by atoms with E-state index in [1.807, 2.05) is 18.0 Å². The number of fused-ring (bicyclic) bond motifs is 1. The fraction of sp³-hybridized carbons (Fsp3) is 0.625. The molecule has 0 aliphatic carbocycles. The number of hydrogen-bond donors (Lipinski definition) is 0. The van der Waals surface area contributed by atoms with Crippen molar-refractivity contribution in [3.63, 3.8) is 0 Å². The van der Waals surface area contributed by atoms with Crippen molar-refractivity contribution in [2.24, 2.45) is 0 Å². The van der Waals surface area contributed by atoms with Gasteiger partial charge < -0.3 is 9.64 Å². The molecule has 0 spiro atoms. The first-order valence-corrected chi connectivity index (χ1v) is 4.82. The summed E-state index contributed by atoms with van der Waals surface area (Å²) in [5, 5.41) is 10.1. The van der Waals surface area contributed by atoms with Crippen LogP contribution in [-0.2, 0) is 4.74 Å². The van der Waals surface area contributed by atoms with Gasteiger partial charge in [-0.15, -0.1) is 0 Å². The molecular weight excluding hydrogens is 172 g/mol. The summed E-state index contributed by atoms with van der Waals surface area (Å²) in [5.41, 5.74) is 0. The number of hydrogen-bond acceptors (Lipinski definition) is 4. The van der Waals surface area contributed by atoms with Crippen LogP contribution in [0.25, 0.3) is 0 Å². The summed E-state index contributed by atoms with van der Waals surface area (Å²) < 4.78 is 5.52. The molecule has 2 aliphatic heterocycles. The van der Waals surface area contributed by atoms with Gasteiger partial charge in [0, 0.05) is 13.1 Å². The Labute approximate surface area is 76.0 Å². The summed E-state index contributed by atoms with van der Waals surface area (Å²) in [6, 6.07) is 2.05. The third kappa shape index (κ3) is 1.10. The standard InChI is InChI=1S/C8H10N2OS/c1-10-7(2-4-9)12-6-3-5-11-8(6)10/h2,6,8H,3,5H2,1H3/b7-2-/t6-,8+/m0/s1. The molecule has 0 amide bonds. The lowest BCUT2D eigenvalue weighted by atomic mass is 10.3. The fourth-order valence-corrected chi connectivity index (χ4v) is 2.88. The number of nitrogens with zero attached hydrogens (tertiary/aromatic N) is 2. The number of allylic oxidation sites excluding steroid dienone is 1. The van der Waals surface area contributed by atoms with E-state index in [2.05, 4.69) is 0 Å². The van der Waals surface area contributed by atoms with Gasteiger partial charge >= 0.3 is 0 Å². The number of thioether (sulfide) groups is 1. The second kappa shape index (κ2) is 3.00. The van der Waals surface area contributed by atoms with Crippen LogP contribution >= 0.6 is 11.8 Å². The fourth-order valence-electron chi connectivity index (χ4n) is 1.59. The molecule has 12 heavy (non-hydrogen) atoms. The van der Waals surface area contributed by atoms with E-state index in [-0.39, 0.29) is 6.23 Å². The van der Waals surface area contributed by atoms with E-state index in [0.29, 0.717) is 5.25 Å². The third-order valence-electron chi connectivity index (χ3n) is 2.20. The normalized spacial score (nSPS) is 37.0. The van der Waals surface area contributed by atoms with Crippen molar-refractivity contribution in [1.29, 1.82) is 5.26 Å². The average molecular weight is 182 g/mol. The summed E-state index contributed by atoms with van der Waals surface area (Å²) in [6.07, 6.45) is 2.89. The van der Waals surface area contributed by atoms with E-state index in [1.165, 1.54) is 0 Å². The summed E-state index contributed by atoms with van der Waals surface area (Å²) in [7, 11) is 1.98. The molecule has 2 atom stereocenters. The Bertz CT molecular complexity index is 258. The Balaban J connectivity index is 2.17. The molecular formula is C8H10N2OS. The van der Waals surface area contributed by atoms with Crippen LogP contribution < -0.4 is 0 Å². The molecule has 0 aromatic rings. The van der Waals surface area contributed by atoms with E-state index in [9.17, 15) is 0 Å². The van der Waals surface area contributed by atoms with Gasteiger partial charge in [0.2, 0.25) is 0 Å². The summed E-state index contributed by atoms with van der Waals surface area (Å²) in [4.78, 5) is 2.05. The molecule has 0 N–H and O–H groups in total. The van der Waals surface area contributed by atoms with Gasteiger partial charge in [-0.2, -0.15) is 5.26 Å². The van der Waals surface area contributed by atoms with E-state index in [0.717, 1.165) is 18.1 Å². The van der Waals surface area contributed by atoms with Gasteiger partial charge in [-0.05, 0) is 6.42 Å². The SMILES string of the molecule is CN1/C(=C/C#N)S[C@H]2CCO[C@H]21. The summed E-state index contributed by atoms with van der Waals surface area (Å²) in [5.74, 6) is 0. The smallest absolute Gasteiger partial charge is 0.142 e. The lowest BCUT2D eigenvalue weighted by Gasteiger charge is -2.18. The van der Waals surface area contributed by atoms with Crippen LogP contribution in [-0.4, -0.2) is 30.0 Å². The van der Waals surface area contributed by atoms with Crippen molar-refractivity contribution in [2.45, 2.75) is 17.9 Å². The van der Waals surface area contributed by atoms with E-state index >= 15 is 0 Å². The van der Waals surface area contributed by atoms with Crippen LogP contribution in [0.2, 0.25) is 0 Å². The van der Waals surface area contributed by atoms with E-state index in [4.69, 9.17) is 10.00 Å². The van der Waals surface area contributed by atoms with Crippen molar-refractivity contribution in [1.82, 2.24) is 4.90 Å². The molecule has 0 saturated carbocycles. The number of ether oxygens (including phenoxy) is 1. The molecule has 2 aliphatic rings. The van der Waals surface area contributed by atoms with Crippen LogP contribution in [0.1, 0.15) is 6.42 Å². The molecule has 2 saturated heterocycles. The van der Waals surface area contributed by atoms with Gasteiger partial charge in [0.25, 0.3) is 0 Å². The maximum absolute atomic E-state index is 8.50. The van der Waals surface area contributed by atoms with Crippen molar-refractivity contribution in [3.8, 4) is 6.07 Å². The molecule has 64 valence electrons. The highest BCUT2D eigenvalue weighted by molar-refractivity contribution is 8.03. The second-order valence-electron chi connectivity index (χ2n) is 2.93. The molecule has 0 radical (unpaired) electrons. The average Bonchev–Trinajstić information content (AvgIpc) is 2.58. The molecule has 2 heterocycles. The first-order chi connectivity index (χ1) is 5.83. The van der Waals surface area contributed by atoms with Gasteiger partial charge in [0.15, 0.2) is 0 Å². The van der Waals surface area contributed by atoms with Gasteiger partial charge in [0.05, 0.1) is 23.0 Å². The predicted octanol–water partition coefficient (Wildman–Crippen LogP) is 1.14. The van der Waals surface area contributed by atoms with Crippen LogP contribution in [0.4, 0.5) is 0 Å². The Morgan fingerprint density at radius 3 is 3.33 bits per heavy atom. The topological polar surface area (TPSA) is 36.3 Å². The molecule has 4 heteroatoms. The number of rotatable bonds is 0. The zero-order valence-corrected chi connectivity index (χ0v) is 7.67.